The van der Waals surface area contributed by atoms with Crippen molar-refractivity contribution < 1.29 is 4.74 Å². The number of imidazole rings is 1. The number of methoxy groups -OCH3 is 1. The molecule has 144 valence electrons. The van der Waals surface area contributed by atoms with Gasteiger partial charge in [0, 0.05) is 38.2 Å². The van der Waals surface area contributed by atoms with Crippen molar-refractivity contribution in [1.82, 2.24) is 24.8 Å². The Labute approximate surface area is 163 Å². The van der Waals surface area contributed by atoms with E-state index in [4.69, 9.17) is 14.7 Å². The Balaban J connectivity index is 1.56. The Morgan fingerprint density at radius 3 is 3.00 bits per heavy atom. The predicted molar refractivity (Wildman–Crippen MR) is 108 cm³/mol. The summed E-state index contributed by atoms with van der Waals surface area (Å²) in [5.41, 5.74) is 3.15. The third-order valence-electron chi connectivity index (χ3n) is 5.18. The molecule has 1 atom stereocenters. The summed E-state index contributed by atoms with van der Waals surface area (Å²) in [5.74, 6) is 1.77. The van der Waals surface area contributed by atoms with Gasteiger partial charge in [-0.05, 0) is 24.6 Å². The fraction of sp³-hybridized carbons (Fsp3) is 0.350. The van der Waals surface area contributed by atoms with Crippen molar-refractivity contribution in [1.29, 1.82) is 0 Å². The number of rotatable bonds is 5. The van der Waals surface area contributed by atoms with Gasteiger partial charge in [-0.3, -0.25) is 19.4 Å². The van der Waals surface area contributed by atoms with Crippen LogP contribution in [0, 0.1) is 0 Å². The third kappa shape index (κ3) is 2.90. The second kappa shape index (κ2) is 7.21. The molecular weight excluding hydrogens is 354 g/mol. The quantitative estimate of drug-likeness (QED) is 0.686. The Bertz CT molecular complexity index is 1000. The van der Waals surface area contributed by atoms with Crippen LogP contribution in [0.4, 0.5) is 5.95 Å². The van der Waals surface area contributed by atoms with Gasteiger partial charge < -0.3 is 10.1 Å². The van der Waals surface area contributed by atoms with Gasteiger partial charge in [0.1, 0.15) is 6.17 Å². The van der Waals surface area contributed by atoms with Gasteiger partial charge in [-0.2, -0.15) is 0 Å². The average molecular weight is 377 g/mol. The fourth-order valence-corrected chi connectivity index (χ4v) is 3.85. The van der Waals surface area contributed by atoms with Gasteiger partial charge in [-0.15, -0.1) is 0 Å². The zero-order valence-electron chi connectivity index (χ0n) is 15.8. The number of guanidine groups is 1. The van der Waals surface area contributed by atoms with E-state index in [0.717, 1.165) is 54.7 Å². The maximum Gasteiger partial charge on any atom is 0.216 e. The summed E-state index contributed by atoms with van der Waals surface area (Å²) in [6.45, 7) is 3.11. The van der Waals surface area contributed by atoms with Crippen molar-refractivity contribution >= 4 is 22.9 Å². The number of aromatic nitrogens is 3. The van der Waals surface area contributed by atoms with E-state index in [2.05, 4.69) is 48.9 Å². The summed E-state index contributed by atoms with van der Waals surface area (Å²) in [6, 6.07) is 12.3. The minimum Gasteiger partial charge on any atom is -0.385 e. The summed E-state index contributed by atoms with van der Waals surface area (Å²) in [6.07, 6.45) is 4.58. The zero-order chi connectivity index (χ0) is 18.9. The predicted octanol–water partition coefficient (Wildman–Crippen LogP) is 2.01. The molecule has 0 saturated heterocycles. The zero-order valence-corrected chi connectivity index (χ0v) is 15.8. The first kappa shape index (κ1) is 17.2. The first-order valence-electron chi connectivity index (χ1n) is 9.52. The Kier molecular flexibility index (Phi) is 4.42. The number of nitrogens with zero attached hydrogens (tertiary/aromatic N) is 6. The lowest BCUT2D eigenvalue weighted by Crippen LogP contribution is -2.57. The van der Waals surface area contributed by atoms with Gasteiger partial charge in [0.2, 0.25) is 11.9 Å². The third-order valence-corrected chi connectivity index (χ3v) is 5.18. The molecule has 1 N–H and O–H groups in total. The van der Waals surface area contributed by atoms with Crippen molar-refractivity contribution in [3.63, 3.8) is 0 Å². The Morgan fingerprint density at radius 2 is 2.14 bits per heavy atom. The summed E-state index contributed by atoms with van der Waals surface area (Å²) in [5, 5.41) is 3.60. The summed E-state index contributed by atoms with van der Waals surface area (Å²) in [7, 11) is 1.74. The molecule has 0 spiro atoms. The highest BCUT2D eigenvalue weighted by molar-refractivity contribution is 5.98. The van der Waals surface area contributed by atoms with Crippen molar-refractivity contribution in [2.24, 2.45) is 4.99 Å². The maximum atomic E-state index is 5.19. The summed E-state index contributed by atoms with van der Waals surface area (Å²) >= 11 is 0. The normalized spacial score (nSPS) is 19.1. The average Bonchev–Trinajstić information content (AvgIpc) is 3.14. The number of para-hydroxylation sites is 2. The summed E-state index contributed by atoms with van der Waals surface area (Å²) in [4.78, 5) is 18.5. The molecule has 5 rings (SSSR count). The maximum absolute atomic E-state index is 5.19. The molecule has 1 aromatic carbocycles. The second-order valence-corrected chi connectivity index (χ2v) is 7.04. The largest absolute Gasteiger partial charge is 0.385 e. The standard InChI is InChI=1S/C20H23N7O/c1-28-11-5-10-25-13-22-19-24-18(15-6-4-9-21-12-15)27-17-8-3-2-7-16(17)23-20(27)26(19)14-25/h2-4,6-9,12,18H,5,10-11,13-14H2,1H3,(H,22,24)/t18-/m1/s1. The molecule has 0 amide bonds. The van der Waals surface area contributed by atoms with Crippen LogP contribution in [-0.4, -0.2) is 59.0 Å². The van der Waals surface area contributed by atoms with Gasteiger partial charge in [0.05, 0.1) is 24.4 Å². The number of fused-ring (bicyclic) bond motifs is 5. The molecule has 2 aliphatic rings. The molecular formula is C20H23N7O. The van der Waals surface area contributed by atoms with E-state index in [1.807, 2.05) is 18.3 Å². The molecule has 0 radical (unpaired) electrons. The number of hydrogen-bond acceptors (Lipinski definition) is 7. The van der Waals surface area contributed by atoms with Crippen LogP contribution in [0.1, 0.15) is 18.2 Å². The van der Waals surface area contributed by atoms with Gasteiger partial charge in [-0.1, -0.05) is 18.2 Å². The minimum atomic E-state index is -0.0915. The highest BCUT2D eigenvalue weighted by atomic mass is 16.5. The number of benzene rings is 1. The number of anilines is 1. The van der Waals surface area contributed by atoms with Crippen LogP contribution in [0.3, 0.4) is 0 Å². The summed E-state index contributed by atoms with van der Waals surface area (Å²) < 4.78 is 7.43. The molecule has 2 aliphatic heterocycles. The van der Waals surface area contributed by atoms with Gasteiger partial charge >= 0.3 is 0 Å². The van der Waals surface area contributed by atoms with Crippen molar-refractivity contribution in [3.8, 4) is 0 Å². The first-order valence-corrected chi connectivity index (χ1v) is 9.52. The number of pyridine rings is 1. The van der Waals surface area contributed by atoms with E-state index in [1.165, 1.54) is 0 Å². The van der Waals surface area contributed by atoms with Gasteiger partial charge in [0.15, 0.2) is 0 Å². The minimum absolute atomic E-state index is 0.0915. The molecule has 4 heterocycles. The fourth-order valence-electron chi connectivity index (χ4n) is 3.85. The number of nitrogens with one attached hydrogen (secondary N) is 1. The lowest BCUT2D eigenvalue weighted by atomic mass is 10.2. The number of ether oxygens (including phenoxy) is 1. The molecule has 2 aromatic heterocycles. The van der Waals surface area contributed by atoms with E-state index < -0.39 is 0 Å². The van der Waals surface area contributed by atoms with Gasteiger partial charge in [0.25, 0.3) is 0 Å². The smallest absolute Gasteiger partial charge is 0.216 e. The topological polar surface area (TPSA) is 70.8 Å². The molecule has 8 heteroatoms. The van der Waals surface area contributed by atoms with Crippen LogP contribution in [-0.2, 0) is 4.74 Å². The Morgan fingerprint density at radius 1 is 1.21 bits per heavy atom. The van der Waals surface area contributed by atoms with Crippen LogP contribution in [0.5, 0.6) is 0 Å². The molecule has 0 saturated carbocycles. The lowest BCUT2D eigenvalue weighted by molar-refractivity contribution is 0.171. The van der Waals surface area contributed by atoms with E-state index in [1.54, 1.807) is 13.3 Å². The number of hydrogen-bond donors (Lipinski definition) is 1. The molecule has 28 heavy (non-hydrogen) atoms. The molecule has 0 aliphatic carbocycles. The first-order chi connectivity index (χ1) is 13.8. The monoisotopic (exact) mass is 377 g/mol. The highest BCUT2D eigenvalue weighted by Gasteiger charge is 2.35. The highest BCUT2D eigenvalue weighted by Crippen LogP contribution is 2.33. The SMILES string of the molecule is COCCCN1CN=C2N[C@@H](c3cccnc3)n3c(nc4ccccc43)N2C1. The van der Waals surface area contributed by atoms with Crippen LogP contribution in [0.2, 0.25) is 0 Å². The van der Waals surface area contributed by atoms with E-state index in [0.29, 0.717) is 6.67 Å². The van der Waals surface area contributed by atoms with Crippen LogP contribution >= 0.6 is 0 Å². The molecule has 8 nitrogen and oxygen atoms in total. The molecule has 0 unspecified atom stereocenters. The molecule has 0 bridgehead atoms. The lowest BCUT2D eigenvalue weighted by Gasteiger charge is -2.41. The van der Waals surface area contributed by atoms with Crippen molar-refractivity contribution in [2.45, 2.75) is 12.6 Å². The van der Waals surface area contributed by atoms with Crippen molar-refractivity contribution in [2.75, 3.05) is 38.5 Å². The Hall–Kier alpha value is -2.97. The van der Waals surface area contributed by atoms with Crippen LogP contribution in [0.25, 0.3) is 11.0 Å². The second-order valence-electron chi connectivity index (χ2n) is 7.04. The molecule has 0 fully saturated rings. The molecule has 3 aromatic rings. The van der Waals surface area contributed by atoms with E-state index in [9.17, 15) is 0 Å². The van der Waals surface area contributed by atoms with E-state index in [-0.39, 0.29) is 6.17 Å². The van der Waals surface area contributed by atoms with E-state index >= 15 is 0 Å². The van der Waals surface area contributed by atoms with Crippen molar-refractivity contribution in [3.05, 3.63) is 54.4 Å². The number of aliphatic imine (C=N–C) groups is 1. The van der Waals surface area contributed by atoms with Gasteiger partial charge in [-0.25, -0.2) is 9.98 Å². The van der Waals surface area contributed by atoms with Crippen LogP contribution < -0.4 is 10.2 Å². The van der Waals surface area contributed by atoms with Crippen LogP contribution in [0.15, 0.2) is 53.8 Å².